The van der Waals surface area contributed by atoms with Gasteiger partial charge in [-0.05, 0) is 39.7 Å². The van der Waals surface area contributed by atoms with Gasteiger partial charge in [0.25, 0.3) is 12.3 Å². The predicted molar refractivity (Wildman–Crippen MR) is 113 cm³/mol. The number of nitrogens with one attached hydrogen (secondary N) is 1. The summed E-state index contributed by atoms with van der Waals surface area (Å²) < 4.78 is 35.8. The van der Waals surface area contributed by atoms with Crippen molar-refractivity contribution in [2.45, 2.75) is 51.2 Å². The van der Waals surface area contributed by atoms with E-state index in [1.807, 2.05) is 26.8 Å². The number of ether oxygens (including phenoxy) is 1. The fraction of sp³-hybridized carbons (Fsp3) is 0.524. The van der Waals surface area contributed by atoms with Crippen molar-refractivity contribution in [3.05, 3.63) is 35.9 Å². The molecule has 3 aromatic rings. The third-order valence-corrected chi connectivity index (χ3v) is 5.86. The zero-order valence-electron chi connectivity index (χ0n) is 18.2. The maximum atomic E-state index is 13.5. The predicted octanol–water partition coefficient (Wildman–Crippen LogP) is 3.24. The maximum absolute atomic E-state index is 13.5. The molecule has 1 N–H and O–H groups in total. The second kappa shape index (κ2) is 7.22. The summed E-state index contributed by atoms with van der Waals surface area (Å²) in [4.78, 5) is 19.8. The van der Waals surface area contributed by atoms with E-state index in [-0.39, 0.29) is 16.9 Å². The molecule has 2 fully saturated rings. The maximum Gasteiger partial charge on any atom is 0.284 e. The minimum absolute atomic E-state index is 0.0284. The van der Waals surface area contributed by atoms with E-state index < -0.39 is 23.6 Å². The van der Waals surface area contributed by atoms with Gasteiger partial charge in [-0.1, -0.05) is 0 Å². The van der Waals surface area contributed by atoms with Crippen LogP contribution in [0.2, 0.25) is 0 Å². The van der Waals surface area contributed by atoms with Crippen molar-refractivity contribution < 1.29 is 18.3 Å². The second-order valence-electron chi connectivity index (χ2n) is 9.36. The van der Waals surface area contributed by atoms with Crippen molar-refractivity contribution in [2.24, 2.45) is 0 Å². The minimum Gasteiger partial charge on any atom is -0.371 e. The molecule has 1 spiro atoms. The van der Waals surface area contributed by atoms with Crippen molar-refractivity contribution in [3.63, 3.8) is 0 Å². The quantitative estimate of drug-likeness (QED) is 0.663. The molecule has 1 amide bonds. The van der Waals surface area contributed by atoms with E-state index >= 15 is 0 Å². The first-order chi connectivity index (χ1) is 15.2. The van der Waals surface area contributed by atoms with Crippen LogP contribution in [-0.2, 0) is 10.3 Å². The number of hydrogen-bond acceptors (Lipinski definition) is 6. The average molecular weight is 445 g/mol. The molecule has 0 bridgehead atoms. The number of alkyl halides is 2. The molecule has 2 aliphatic rings. The third-order valence-electron chi connectivity index (χ3n) is 5.86. The molecule has 4 heterocycles. The highest BCUT2D eigenvalue weighted by Crippen LogP contribution is 2.42. The Hall–Kier alpha value is -3.08. The van der Waals surface area contributed by atoms with Gasteiger partial charge < -0.3 is 15.0 Å². The summed E-state index contributed by atoms with van der Waals surface area (Å²) in [5, 5.41) is 10.7. The van der Waals surface area contributed by atoms with Gasteiger partial charge in [0, 0.05) is 25.5 Å². The number of carbonyl (C=O) groups is 1. The number of fused-ring (bicyclic) bond motifs is 1. The zero-order chi connectivity index (χ0) is 22.7. The van der Waals surface area contributed by atoms with Gasteiger partial charge in [0.1, 0.15) is 11.4 Å². The van der Waals surface area contributed by atoms with Crippen LogP contribution in [0, 0.1) is 0 Å². The molecular weight excluding hydrogens is 420 g/mol. The molecule has 1 aliphatic carbocycles. The first-order valence-electron chi connectivity index (χ1n) is 10.6. The van der Waals surface area contributed by atoms with E-state index in [1.54, 1.807) is 6.20 Å². The van der Waals surface area contributed by atoms with Crippen LogP contribution in [0.3, 0.4) is 0 Å². The van der Waals surface area contributed by atoms with Crippen molar-refractivity contribution in [2.75, 3.05) is 29.9 Å². The molecule has 0 aromatic carbocycles. The van der Waals surface area contributed by atoms with Gasteiger partial charge in [-0.3, -0.25) is 9.48 Å². The Balaban J connectivity index is 1.43. The summed E-state index contributed by atoms with van der Waals surface area (Å²) in [5.74, 6) is 0.163. The molecule has 1 saturated heterocycles. The lowest BCUT2D eigenvalue weighted by atomic mass is 10.1. The van der Waals surface area contributed by atoms with Gasteiger partial charge in [0.15, 0.2) is 11.3 Å². The third kappa shape index (κ3) is 3.70. The van der Waals surface area contributed by atoms with E-state index in [0.717, 1.165) is 25.2 Å². The molecule has 11 heteroatoms. The number of rotatable bonds is 4. The topological polar surface area (TPSA) is 89.6 Å². The summed E-state index contributed by atoms with van der Waals surface area (Å²) in [6.07, 6.45) is 3.82. The van der Waals surface area contributed by atoms with Crippen molar-refractivity contribution in [1.29, 1.82) is 0 Å². The highest BCUT2D eigenvalue weighted by molar-refractivity contribution is 6.08. The molecule has 1 aliphatic heterocycles. The van der Waals surface area contributed by atoms with Gasteiger partial charge >= 0.3 is 0 Å². The van der Waals surface area contributed by atoms with Crippen LogP contribution >= 0.6 is 0 Å². The van der Waals surface area contributed by atoms with Crippen LogP contribution in [0.4, 0.5) is 20.3 Å². The Morgan fingerprint density at radius 3 is 2.78 bits per heavy atom. The number of morpholine rings is 1. The van der Waals surface area contributed by atoms with Gasteiger partial charge in [0.2, 0.25) is 0 Å². The van der Waals surface area contributed by atoms with E-state index in [1.165, 1.54) is 21.6 Å². The van der Waals surface area contributed by atoms with E-state index in [2.05, 4.69) is 25.4 Å². The fourth-order valence-corrected chi connectivity index (χ4v) is 3.86. The van der Waals surface area contributed by atoms with Gasteiger partial charge in [-0.25, -0.2) is 18.3 Å². The number of anilines is 2. The molecule has 0 atom stereocenters. The summed E-state index contributed by atoms with van der Waals surface area (Å²) in [6, 6.07) is 1.85. The number of nitrogens with zero attached hydrogens (tertiary/aromatic N) is 6. The molecule has 3 aromatic heterocycles. The minimum atomic E-state index is -2.82. The van der Waals surface area contributed by atoms with Gasteiger partial charge in [-0.2, -0.15) is 10.2 Å². The first-order valence-corrected chi connectivity index (χ1v) is 10.6. The SMILES string of the molecule is CC(C)(C)n1cc(NC(=O)c2cnn3ccc(N4CCOC5(CC5)C4)nc23)c(C(F)F)n1. The van der Waals surface area contributed by atoms with Crippen LogP contribution in [0.5, 0.6) is 0 Å². The molecule has 9 nitrogen and oxygen atoms in total. The second-order valence-corrected chi connectivity index (χ2v) is 9.36. The summed E-state index contributed by atoms with van der Waals surface area (Å²) >= 11 is 0. The van der Waals surface area contributed by atoms with E-state index in [0.29, 0.717) is 18.8 Å². The highest BCUT2D eigenvalue weighted by atomic mass is 19.3. The van der Waals surface area contributed by atoms with E-state index in [4.69, 9.17) is 4.74 Å². The lowest BCUT2D eigenvalue weighted by Crippen LogP contribution is -2.44. The lowest BCUT2D eigenvalue weighted by Gasteiger charge is -2.34. The number of amides is 1. The number of carbonyl (C=O) groups excluding carboxylic acids is 1. The normalized spacial score (nSPS) is 18.0. The Labute approximate surface area is 183 Å². The van der Waals surface area contributed by atoms with Gasteiger partial charge in [0.05, 0.1) is 29.6 Å². The Bertz CT molecular complexity index is 1180. The lowest BCUT2D eigenvalue weighted by molar-refractivity contribution is 0.0204. The van der Waals surface area contributed by atoms with Crippen LogP contribution in [0.25, 0.3) is 5.65 Å². The average Bonchev–Trinajstić information content (AvgIpc) is 3.15. The van der Waals surface area contributed by atoms with Crippen molar-refractivity contribution in [1.82, 2.24) is 24.4 Å². The largest absolute Gasteiger partial charge is 0.371 e. The highest BCUT2D eigenvalue weighted by Gasteiger charge is 2.47. The molecule has 0 radical (unpaired) electrons. The molecule has 32 heavy (non-hydrogen) atoms. The number of halogens is 2. The molecule has 5 rings (SSSR count). The van der Waals surface area contributed by atoms with Crippen LogP contribution in [-0.4, -0.2) is 55.6 Å². The molecular formula is C21H25F2N7O2. The van der Waals surface area contributed by atoms with Crippen molar-refractivity contribution >= 4 is 23.1 Å². The first kappa shape index (κ1) is 20.8. The van der Waals surface area contributed by atoms with Gasteiger partial charge in [-0.15, -0.1) is 0 Å². The Kier molecular flexibility index (Phi) is 4.70. The summed E-state index contributed by atoms with van der Waals surface area (Å²) in [7, 11) is 0. The molecule has 0 unspecified atom stereocenters. The molecule has 1 saturated carbocycles. The van der Waals surface area contributed by atoms with E-state index in [9.17, 15) is 13.6 Å². The number of aromatic nitrogens is 5. The van der Waals surface area contributed by atoms with Crippen LogP contribution < -0.4 is 10.2 Å². The fourth-order valence-electron chi connectivity index (χ4n) is 3.86. The Morgan fingerprint density at radius 1 is 1.31 bits per heavy atom. The van der Waals surface area contributed by atoms with Crippen LogP contribution in [0.1, 0.15) is 56.1 Å². The van der Waals surface area contributed by atoms with Crippen molar-refractivity contribution in [3.8, 4) is 0 Å². The zero-order valence-corrected chi connectivity index (χ0v) is 18.2. The summed E-state index contributed by atoms with van der Waals surface area (Å²) in [6.45, 7) is 7.63. The monoisotopic (exact) mass is 445 g/mol. The molecule has 170 valence electrons. The summed E-state index contributed by atoms with van der Waals surface area (Å²) in [5.41, 5.74) is -0.514. The number of hydrogen-bond donors (Lipinski definition) is 1. The standard InChI is InChI=1S/C21H25F2N7O2/c1-20(2,3)30-11-14(16(27-30)17(22)23)25-19(31)13-10-24-29-7-4-15(26-18(13)29)28-8-9-32-21(12-28)5-6-21/h4,7,10-11,17H,5-6,8-9,12H2,1-3H3,(H,25,31). The smallest absolute Gasteiger partial charge is 0.284 e. The Morgan fingerprint density at radius 2 is 2.09 bits per heavy atom. The van der Waals surface area contributed by atoms with Crippen LogP contribution in [0.15, 0.2) is 24.7 Å².